The average Bonchev–Trinajstić information content (AvgIpc) is 2.18. The summed E-state index contributed by atoms with van der Waals surface area (Å²) in [6.07, 6.45) is 4.19. The Labute approximate surface area is 81.2 Å². The van der Waals surface area contributed by atoms with Crippen molar-refractivity contribution in [3.63, 3.8) is 0 Å². The molecule has 0 saturated carbocycles. The molecule has 13 heavy (non-hydrogen) atoms. The summed E-state index contributed by atoms with van der Waals surface area (Å²) in [5.74, 6) is 0. The van der Waals surface area contributed by atoms with Crippen LogP contribution in [0.3, 0.4) is 0 Å². The first-order valence-electron chi connectivity index (χ1n) is 5.09. The quantitative estimate of drug-likeness (QED) is 0.673. The van der Waals surface area contributed by atoms with Crippen LogP contribution in [0.2, 0.25) is 0 Å². The van der Waals surface area contributed by atoms with Gasteiger partial charge in [-0.1, -0.05) is 13.0 Å². The smallest absolute Gasteiger partial charge is 0.0485 e. The molecule has 1 heterocycles. The molecule has 1 N–H and O–H groups in total. The summed E-state index contributed by atoms with van der Waals surface area (Å²) < 4.78 is 0. The van der Waals surface area contributed by atoms with E-state index >= 15 is 0 Å². The lowest BCUT2D eigenvalue weighted by atomic mass is 9.81. The Morgan fingerprint density at radius 3 is 2.46 bits per heavy atom. The number of hydrogen-bond acceptors (Lipinski definition) is 2. The zero-order valence-corrected chi connectivity index (χ0v) is 8.79. The van der Waals surface area contributed by atoms with E-state index in [1.807, 2.05) is 6.08 Å². The van der Waals surface area contributed by atoms with E-state index in [-0.39, 0.29) is 5.41 Å². The predicted molar refractivity (Wildman–Crippen MR) is 55.7 cm³/mol. The summed E-state index contributed by atoms with van der Waals surface area (Å²) in [5, 5.41) is 9.19. The first-order valence-corrected chi connectivity index (χ1v) is 5.09. The first kappa shape index (κ1) is 10.7. The number of likely N-dealkylation sites (tertiary alicyclic amines) is 1. The van der Waals surface area contributed by atoms with E-state index in [0.717, 1.165) is 25.9 Å². The lowest BCUT2D eigenvalue weighted by molar-refractivity contribution is 0.0509. The fourth-order valence-corrected chi connectivity index (χ4v) is 1.78. The van der Waals surface area contributed by atoms with Crippen molar-refractivity contribution in [2.24, 2.45) is 5.41 Å². The Morgan fingerprint density at radius 1 is 1.54 bits per heavy atom. The van der Waals surface area contributed by atoms with Crippen molar-refractivity contribution in [1.82, 2.24) is 4.90 Å². The van der Waals surface area contributed by atoms with Gasteiger partial charge in [0.1, 0.15) is 0 Å². The molecule has 2 heteroatoms. The molecule has 2 nitrogen and oxygen atoms in total. The highest BCUT2D eigenvalue weighted by atomic mass is 16.3. The summed E-state index contributed by atoms with van der Waals surface area (Å²) in [4.78, 5) is 2.42. The van der Waals surface area contributed by atoms with Gasteiger partial charge in [-0.05, 0) is 38.3 Å². The second-order valence-corrected chi connectivity index (χ2v) is 4.48. The maximum absolute atomic E-state index is 9.19. The molecule has 76 valence electrons. The standard InChI is InChI=1S/C11H21NO/c1-4-10(2)12-7-5-11(3,9-13)6-8-12/h4,10,13H,1,5-9H2,2-3H3. The minimum Gasteiger partial charge on any atom is -0.396 e. The van der Waals surface area contributed by atoms with Crippen molar-refractivity contribution in [2.45, 2.75) is 32.7 Å². The first-order chi connectivity index (χ1) is 6.11. The van der Waals surface area contributed by atoms with Crippen LogP contribution >= 0.6 is 0 Å². The molecular formula is C11H21NO. The SMILES string of the molecule is C=CC(C)N1CCC(C)(CO)CC1. The largest absolute Gasteiger partial charge is 0.396 e. The summed E-state index contributed by atoms with van der Waals surface area (Å²) >= 11 is 0. The molecule has 0 aromatic rings. The van der Waals surface area contributed by atoms with Crippen molar-refractivity contribution in [2.75, 3.05) is 19.7 Å². The van der Waals surface area contributed by atoms with Gasteiger partial charge in [-0.3, -0.25) is 4.90 Å². The molecule has 1 aliphatic heterocycles. The predicted octanol–water partition coefficient (Wildman–Crippen LogP) is 1.66. The Morgan fingerprint density at radius 2 is 2.08 bits per heavy atom. The van der Waals surface area contributed by atoms with E-state index < -0.39 is 0 Å². The van der Waals surface area contributed by atoms with Crippen molar-refractivity contribution in [3.8, 4) is 0 Å². The molecule has 0 amide bonds. The van der Waals surface area contributed by atoms with Crippen molar-refractivity contribution in [1.29, 1.82) is 0 Å². The highest BCUT2D eigenvalue weighted by Gasteiger charge is 2.30. The van der Waals surface area contributed by atoms with Gasteiger partial charge >= 0.3 is 0 Å². The third-order valence-corrected chi connectivity index (χ3v) is 3.30. The Kier molecular flexibility index (Phi) is 3.51. The van der Waals surface area contributed by atoms with Gasteiger partial charge in [-0.2, -0.15) is 0 Å². The van der Waals surface area contributed by atoms with E-state index in [0.29, 0.717) is 12.6 Å². The van der Waals surface area contributed by atoms with E-state index in [1.54, 1.807) is 0 Å². The van der Waals surface area contributed by atoms with Gasteiger partial charge in [0, 0.05) is 12.6 Å². The van der Waals surface area contributed by atoms with Crippen LogP contribution in [-0.4, -0.2) is 35.7 Å². The zero-order valence-electron chi connectivity index (χ0n) is 8.79. The third-order valence-electron chi connectivity index (χ3n) is 3.30. The molecule has 0 aromatic heterocycles. The summed E-state index contributed by atoms with van der Waals surface area (Å²) in [6, 6.07) is 0.475. The normalized spacial score (nSPS) is 25.5. The summed E-state index contributed by atoms with van der Waals surface area (Å²) in [6.45, 7) is 10.6. The number of nitrogens with zero attached hydrogens (tertiary/aromatic N) is 1. The highest BCUT2D eigenvalue weighted by molar-refractivity contribution is 4.89. The maximum Gasteiger partial charge on any atom is 0.0485 e. The Bertz CT molecular complexity index is 171. The average molecular weight is 183 g/mol. The lowest BCUT2D eigenvalue weighted by Crippen LogP contribution is -2.43. The molecule has 1 rings (SSSR count). The van der Waals surface area contributed by atoms with Crippen LogP contribution in [0.15, 0.2) is 12.7 Å². The summed E-state index contributed by atoms with van der Waals surface area (Å²) in [5.41, 5.74) is 0.164. The van der Waals surface area contributed by atoms with Crippen molar-refractivity contribution < 1.29 is 5.11 Å². The third kappa shape index (κ3) is 2.55. The molecule has 1 atom stereocenters. The monoisotopic (exact) mass is 183 g/mol. The minimum absolute atomic E-state index is 0.164. The Hall–Kier alpha value is -0.340. The molecule has 1 saturated heterocycles. The fourth-order valence-electron chi connectivity index (χ4n) is 1.78. The second kappa shape index (κ2) is 4.25. The molecule has 0 aromatic carbocycles. The van der Waals surface area contributed by atoms with Crippen LogP contribution in [0.25, 0.3) is 0 Å². The number of hydrogen-bond donors (Lipinski definition) is 1. The van der Waals surface area contributed by atoms with E-state index in [2.05, 4.69) is 25.3 Å². The van der Waals surface area contributed by atoms with Crippen LogP contribution in [0.5, 0.6) is 0 Å². The molecule has 1 fully saturated rings. The van der Waals surface area contributed by atoms with E-state index in [4.69, 9.17) is 0 Å². The van der Waals surface area contributed by atoms with Crippen LogP contribution < -0.4 is 0 Å². The molecule has 0 bridgehead atoms. The van der Waals surface area contributed by atoms with Gasteiger partial charge in [0.15, 0.2) is 0 Å². The molecule has 1 aliphatic rings. The van der Waals surface area contributed by atoms with E-state index in [9.17, 15) is 5.11 Å². The Balaban J connectivity index is 2.42. The highest BCUT2D eigenvalue weighted by Crippen LogP contribution is 2.30. The lowest BCUT2D eigenvalue weighted by Gasteiger charge is -2.40. The van der Waals surface area contributed by atoms with Gasteiger partial charge in [0.2, 0.25) is 0 Å². The van der Waals surface area contributed by atoms with Gasteiger partial charge in [0.25, 0.3) is 0 Å². The number of piperidine rings is 1. The maximum atomic E-state index is 9.19. The van der Waals surface area contributed by atoms with Gasteiger partial charge in [0.05, 0.1) is 0 Å². The minimum atomic E-state index is 0.164. The fraction of sp³-hybridized carbons (Fsp3) is 0.818. The van der Waals surface area contributed by atoms with Crippen LogP contribution in [0.1, 0.15) is 26.7 Å². The number of rotatable bonds is 3. The molecule has 0 aliphatic carbocycles. The van der Waals surface area contributed by atoms with E-state index in [1.165, 1.54) is 0 Å². The van der Waals surface area contributed by atoms with Crippen molar-refractivity contribution in [3.05, 3.63) is 12.7 Å². The molecule has 0 radical (unpaired) electrons. The van der Waals surface area contributed by atoms with Crippen LogP contribution in [0.4, 0.5) is 0 Å². The van der Waals surface area contributed by atoms with Gasteiger partial charge in [-0.15, -0.1) is 6.58 Å². The number of aliphatic hydroxyl groups excluding tert-OH is 1. The number of aliphatic hydroxyl groups is 1. The second-order valence-electron chi connectivity index (χ2n) is 4.48. The van der Waals surface area contributed by atoms with Crippen LogP contribution in [0, 0.1) is 5.41 Å². The topological polar surface area (TPSA) is 23.5 Å². The van der Waals surface area contributed by atoms with Gasteiger partial charge < -0.3 is 5.11 Å². The zero-order chi connectivity index (χ0) is 9.90. The van der Waals surface area contributed by atoms with Crippen LogP contribution in [-0.2, 0) is 0 Å². The summed E-state index contributed by atoms with van der Waals surface area (Å²) in [7, 11) is 0. The molecule has 1 unspecified atom stereocenters. The molecule has 0 spiro atoms. The van der Waals surface area contributed by atoms with Crippen molar-refractivity contribution >= 4 is 0 Å². The molecular weight excluding hydrogens is 162 g/mol. The van der Waals surface area contributed by atoms with Gasteiger partial charge in [-0.25, -0.2) is 0 Å².